The molecule has 55 heavy (non-hydrogen) atoms. The van der Waals surface area contributed by atoms with E-state index in [0.29, 0.717) is 0 Å². The standard InChI is InChI=1S/C50H39N5/c1-5-17-34(18-6-1)44-33-51-55-46(35-19-7-2-8-20-35)45(42-29-13-14-30-43(42)47(44)55)40-27-15-25-38(31-40)39-26-16-28-41(32-39)50-53-48(36-21-9-3-10-22-36)52-49(54-50)37-23-11-4-12-24-37/h1-23,25,27-33,37,39,50H,24,26H2,(H,52,53,54). The molecule has 7 aromatic rings. The van der Waals surface area contributed by atoms with Crippen molar-refractivity contribution in [2.24, 2.45) is 15.9 Å². The van der Waals surface area contributed by atoms with E-state index in [1.807, 2.05) is 12.3 Å². The molecule has 0 saturated carbocycles. The Hall–Kier alpha value is -6.85. The molecule has 2 aliphatic carbocycles. The normalized spacial score (nSPS) is 19.2. The highest BCUT2D eigenvalue weighted by Crippen LogP contribution is 2.43. The zero-order chi connectivity index (χ0) is 36.6. The number of nitrogens with one attached hydrogen (secondary N) is 1. The van der Waals surface area contributed by atoms with Crippen LogP contribution in [0, 0.1) is 5.92 Å². The van der Waals surface area contributed by atoms with E-state index in [4.69, 9.17) is 15.1 Å². The van der Waals surface area contributed by atoms with Gasteiger partial charge >= 0.3 is 0 Å². The highest BCUT2D eigenvalue weighted by molar-refractivity contribution is 6.13. The van der Waals surface area contributed by atoms with Crippen LogP contribution >= 0.6 is 0 Å². The smallest absolute Gasteiger partial charge is 0.147 e. The van der Waals surface area contributed by atoms with Crippen molar-refractivity contribution < 1.29 is 0 Å². The third-order valence-electron chi connectivity index (χ3n) is 10.9. The fraction of sp³-hybridized carbons (Fsp3) is 0.100. The third kappa shape index (κ3) is 6.14. The lowest BCUT2D eigenvalue weighted by Crippen LogP contribution is -2.41. The second-order valence-corrected chi connectivity index (χ2v) is 14.4. The molecule has 3 unspecified atom stereocenters. The van der Waals surface area contributed by atoms with Crippen LogP contribution in [0.25, 0.3) is 49.8 Å². The first-order chi connectivity index (χ1) is 27.3. The van der Waals surface area contributed by atoms with Crippen LogP contribution in [0.5, 0.6) is 0 Å². The summed E-state index contributed by atoms with van der Waals surface area (Å²) in [5, 5.41) is 11.2. The van der Waals surface area contributed by atoms with E-state index in [2.05, 4.69) is 186 Å². The zero-order valence-electron chi connectivity index (χ0n) is 30.3. The SMILES string of the molecule is C1=CCC(C2=NC(C3=CC(c4cccc(-c5c(-c6ccccc6)n6ncc(-c7ccccc7)c6c6ccccc56)c4)CC=C3)NC(c3ccccc3)=N2)C=C1. The average molecular weight is 710 g/mol. The minimum absolute atomic E-state index is 0.151. The molecule has 0 radical (unpaired) electrons. The number of fused-ring (bicyclic) bond motifs is 3. The van der Waals surface area contributed by atoms with Crippen molar-refractivity contribution >= 4 is 28.0 Å². The van der Waals surface area contributed by atoms with E-state index >= 15 is 0 Å². The number of benzene rings is 5. The second-order valence-electron chi connectivity index (χ2n) is 14.4. The summed E-state index contributed by atoms with van der Waals surface area (Å²) >= 11 is 0. The van der Waals surface area contributed by atoms with Crippen LogP contribution in [-0.4, -0.2) is 27.5 Å². The Morgan fingerprint density at radius 2 is 1.31 bits per heavy atom. The van der Waals surface area contributed by atoms with Gasteiger partial charge in [0, 0.05) is 39.5 Å². The molecule has 0 bridgehead atoms. The molecule has 5 aromatic carbocycles. The minimum Gasteiger partial charge on any atom is -0.344 e. The number of allylic oxidation sites excluding steroid dienone is 5. The van der Waals surface area contributed by atoms with E-state index in [1.165, 1.54) is 27.5 Å². The Labute approximate surface area is 321 Å². The summed E-state index contributed by atoms with van der Waals surface area (Å²) in [7, 11) is 0. The van der Waals surface area contributed by atoms with Gasteiger partial charge in [-0.05, 0) is 40.5 Å². The molecule has 1 N–H and O–H groups in total. The van der Waals surface area contributed by atoms with Gasteiger partial charge in [0.2, 0.25) is 0 Å². The molecule has 0 spiro atoms. The molecule has 0 fully saturated rings. The van der Waals surface area contributed by atoms with Crippen molar-refractivity contribution in [1.29, 1.82) is 0 Å². The van der Waals surface area contributed by atoms with Crippen molar-refractivity contribution in [3.8, 4) is 33.5 Å². The van der Waals surface area contributed by atoms with Gasteiger partial charge in [-0.2, -0.15) is 5.10 Å². The number of rotatable bonds is 7. The first-order valence-electron chi connectivity index (χ1n) is 19.1. The van der Waals surface area contributed by atoms with E-state index in [1.54, 1.807) is 0 Å². The fourth-order valence-corrected chi connectivity index (χ4v) is 8.27. The van der Waals surface area contributed by atoms with E-state index < -0.39 is 0 Å². The maximum absolute atomic E-state index is 5.23. The van der Waals surface area contributed by atoms with Crippen molar-refractivity contribution in [1.82, 2.24) is 14.9 Å². The second kappa shape index (κ2) is 14.2. The molecule has 5 nitrogen and oxygen atoms in total. The lowest BCUT2D eigenvalue weighted by atomic mass is 9.86. The molecule has 1 aliphatic heterocycles. The molecule has 3 atom stereocenters. The van der Waals surface area contributed by atoms with Crippen LogP contribution < -0.4 is 5.32 Å². The van der Waals surface area contributed by atoms with Crippen LogP contribution in [0.2, 0.25) is 0 Å². The Balaban J connectivity index is 1.08. The quantitative estimate of drug-likeness (QED) is 0.179. The van der Waals surface area contributed by atoms with E-state index in [0.717, 1.165) is 63.6 Å². The summed E-state index contributed by atoms with van der Waals surface area (Å²) in [6, 6.07) is 49.6. The van der Waals surface area contributed by atoms with Crippen molar-refractivity contribution in [3.05, 3.63) is 205 Å². The largest absolute Gasteiger partial charge is 0.344 e. The number of amidine groups is 2. The van der Waals surface area contributed by atoms with Crippen LogP contribution in [0.4, 0.5) is 0 Å². The Kier molecular flexibility index (Phi) is 8.45. The fourth-order valence-electron chi connectivity index (χ4n) is 8.27. The van der Waals surface area contributed by atoms with Gasteiger partial charge < -0.3 is 5.32 Å². The van der Waals surface area contributed by atoms with Gasteiger partial charge in [-0.15, -0.1) is 0 Å². The monoisotopic (exact) mass is 709 g/mol. The van der Waals surface area contributed by atoms with Gasteiger partial charge in [0.15, 0.2) is 0 Å². The Bertz CT molecular complexity index is 2730. The van der Waals surface area contributed by atoms with Crippen LogP contribution in [0.1, 0.15) is 29.9 Å². The Morgan fingerprint density at radius 3 is 2.07 bits per heavy atom. The van der Waals surface area contributed by atoms with Crippen molar-refractivity contribution in [2.75, 3.05) is 0 Å². The topological polar surface area (TPSA) is 54.0 Å². The molecule has 0 amide bonds. The summed E-state index contributed by atoms with van der Waals surface area (Å²) in [5.41, 5.74) is 11.4. The van der Waals surface area contributed by atoms with Crippen LogP contribution in [0.15, 0.2) is 204 Å². The molecule has 3 aliphatic rings. The van der Waals surface area contributed by atoms with Crippen LogP contribution in [-0.2, 0) is 0 Å². The summed E-state index contributed by atoms with van der Waals surface area (Å²) < 4.78 is 2.16. The highest BCUT2D eigenvalue weighted by atomic mass is 15.2. The number of hydrogen-bond acceptors (Lipinski definition) is 4. The number of pyridine rings is 1. The zero-order valence-corrected chi connectivity index (χ0v) is 30.3. The molecule has 10 rings (SSSR count). The lowest BCUT2D eigenvalue weighted by molar-refractivity contribution is 0.692. The van der Waals surface area contributed by atoms with Gasteiger partial charge in [-0.25, -0.2) is 14.5 Å². The molecular formula is C50H39N5. The first kappa shape index (κ1) is 32.8. The molecular weight excluding hydrogens is 671 g/mol. The minimum atomic E-state index is -0.237. The summed E-state index contributed by atoms with van der Waals surface area (Å²) in [6.07, 6.45) is 19.1. The number of nitrogens with zero attached hydrogens (tertiary/aromatic N) is 4. The van der Waals surface area contributed by atoms with Crippen molar-refractivity contribution in [2.45, 2.75) is 24.9 Å². The predicted molar refractivity (Wildman–Crippen MR) is 227 cm³/mol. The molecule has 3 heterocycles. The van der Waals surface area contributed by atoms with Gasteiger partial charge in [0.05, 0.1) is 17.4 Å². The molecule has 264 valence electrons. The maximum Gasteiger partial charge on any atom is 0.147 e. The predicted octanol–water partition coefficient (Wildman–Crippen LogP) is 11.4. The molecule has 2 aromatic heterocycles. The average Bonchev–Trinajstić information content (AvgIpc) is 3.72. The van der Waals surface area contributed by atoms with Crippen molar-refractivity contribution in [3.63, 3.8) is 0 Å². The number of aromatic nitrogens is 2. The third-order valence-corrected chi connectivity index (χ3v) is 10.9. The molecule has 0 saturated heterocycles. The van der Waals surface area contributed by atoms with Gasteiger partial charge in [-0.1, -0.05) is 182 Å². The Morgan fingerprint density at radius 1 is 0.618 bits per heavy atom. The molecule has 5 heteroatoms. The first-order valence-corrected chi connectivity index (χ1v) is 19.1. The van der Waals surface area contributed by atoms with Gasteiger partial charge in [-0.3, -0.25) is 0 Å². The summed E-state index contributed by atoms with van der Waals surface area (Å²) in [6.45, 7) is 0. The van der Waals surface area contributed by atoms with E-state index in [-0.39, 0.29) is 18.0 Å². The number of hydrogen-bond donors (Lipinski definition) is 1. The van der Waals surface area contributed by atoms with Gasteiger partial charge in [0.25, 0.3) is 0 Å². The van der Waals surface area contributed by atoms with Crippen LogP contribution in [0.3, 0.4) is 0 Å². The number of aliphatic imine (C=N–C) groups is 2. The maximum atomic E-state index is 5.23. The lowest BCUT2D eigenvalue weighted by Gasteiger charge is -2.28. The highest BCUT2D eigenvalue weighted by Gasteiger charge is 2.27. The summed E-state index contributed by atoms with van der Waals surface area (Å²) in [4.78, 5) is 10.3. The van der Waals surface area contributed by atoms with E-state index in [9.17, 15) is 0 Å². The van der Waals surface area contributed by atoms with Gasteiger partial charge in [0.1, 0.15) is 17.8 Å². The summed E-state index contributed by atoms with van der Waals surface area (Å²) in [5.74, 6) is 2.06.